The summed E-state index contributed by atoms with van der Waals surface area (Å²) in [5.74, 6) is 1.68. The molecular weight excluding hydrogens is 198 g/mol. The predicted octanol–water partition coefficient (Wildman–Crippen LogP) is 3.25. The molecule has 2 N–H and O–H groups in total. The van der Waals surface area contributed by atoms with Gasteiger partial charge in [-0.15, -0.1) is 0 Å². The first kappa shape index (κ1) is 10.7. The summed E-state index contributed by atoms with van der Waals surface area (Å²) in [6.07, 6.45) is 0. The van der Waals surface area contributed by atoms with Crippen LogP contribution in [0.4, 0.5) is 0 Å². The maximum absolute atomic E-state index is 5.80. The number of benzene rings is 2. The summed E-state index contributed by atoms with van der Waals surface area (Å²) in [4.78, 5) is 0. The molecule has 2 rings (SSSR count). The molecule has 2 heteroatoms. The van der Waals surface area contributed by atoms with E-state index >= 15 is 0 Å². The van der Waals surface area contributed by atoms with Crippen LogP contribution in [0, 0.1) is 6.92 Å². The van der Waals surface area contributed by atoms with Crippen molar-refractivity contribution in [3.8, 4) is 11.5 Å². The first-order valence-electron chi connectivity index (χ1n) is 5.32. The summed E-state index contributed by atoms with van der Waals surface area (Å²) in [5.41, 5.74) is 7.87. The molecule has 0 radical (unpaired) electrons. The highest BCUT2D eigenvalue weighted by molar-refractivity contribution is 5.40. The van der Waals surface area contributed by atoms with Crippen molar-refractivity contribution in [2.24, 2.45) is 5.73 Å². The third-order valence-electron chi connectivity index (χ3n) is 2.41. The molecule has 16 heavy (non-hydrogen) atoms. The minimum Gasteiger partial charge on any atom is -0.457 e. The van der Waals surface area contributed by atoms with Crippen LogP contribution in [-0.2, 0) is 6.54 Å². The average Bonchev–Trinajstić information content (AvgIpc) is 2.31. The van der Waals surface area contributed by atoms with Crippen LogP contribution in [0.15, 0.2) is 48.5 Å². The summed E-state index contributed by atoms with van der Waals surface area (Å²) in [5, 5.41) is 0. The molecule has 0 heterocycles. The second-order valence-electron chi connectivity index (χ2n) is 3.73. The van der Waals surface area contributed by atoms with Gasteiger partial charge in [0, 0.05) is 12.1 Å². The molecule has 0 saturated heterocycles. The van der Waals surface area contributed by atoms with Crippen LogP contribution in [0.3, 0.4) is 0 Å². The van der Waals surface area contributed by atoms with Gasteiger partial charge in [-0.25, -0.2) is 0 Å². The van der Waals surface area contributed by atoms with Gasteiger partial charge in [0.1, 0.15) is 11.5 Å². The van der Waals surface area contributed by atoms with E-state index in [2.05, 4.69) is 0 Å². The van der Waals surface area contributed by atoms with Crippen LogP contribution < -0.4 is 10.5 Å². The Kier molecular flexibility index (Phi) is 3.22. The summed E-state index contributed by atoms with van der Waals surface area (Å²) in [7, 11) is 0. The third kappa shape index (κ3) is 2.41. The summed E-state index contributed by atoms with van der Waals surface area (Å²) in [6.45, 7) is 2.53. The smallest absolute Gasteiger partial charge is 0.132 e. The number of aryl methyl sites for hydroxylation is 1. The minimum absolute atomic E-state index is 0.489. The molecule has 0 aliphatic rings. The average molecular weight is 213 g/mol. The van der Waals surface area contributed by atoms with Gasteiger partial charge in [0.2, 0.25) is 0 Å². The molecule has 82 valence electrons. The van der Waals surface area contributed by atoms with E-state index in [0.29, 0.717) is 6.54 Å². The Balaban J connectivity index is 2.30. The SMILES string of the molecule is Cc1ccc(CN)c(Oc2ccccc2)c1. The number of ether oxygens (including phenoxy) is 1. The van der Waals surface area contributed by atoms with E-state index in [9.17, 15) is 0 Å². The van der Waals surface area contributed by atoms with Crippen molar-refractivity contribution in [3.05, 3.63) is 59.7 Å². The Morgan fingerprint density at radius 1 is 1.06 bits per heavy atom. The monoisotopic (exact) mass is 213 g/mol. The van der Waals surface area contributed by atoms with Gasteiger partial charge in [0.25, 0.3) is 0 Å². The zero-order chi connectivity index (χ0) is 11.4. The maximum Gasteiger partial charge on any atom is 0.132 e. The first-order valence-corrected chi connectivity index (χ1v) is 5.32. The van der Waals surface area contributed by atoms with E-state index in [1.54, 1.807) is 0 Å². The number of hydrogen-bond donors (Lipinski definition) is 1. The van der Waals surface area contributed by atoms with Crippen LogP contribution in [0.2, 0.25) is 0 Å². The number of para-hydroxylation sites is 1. The molecule has 0 aliphatic carbocycles. The lowest BCUT2D eigenvalue weighted by Crippen LogP contribution is -1.99. The number of nitrogens with two attached hydrogens (primary N) is 1. The topological polar surface area (TPSA) is 35.2 Å². The second-order valence-corrected chi connectivity index (χ2v) is 3.73. The molecule has 0 fully saturated rings. The van der Waals surface area contributed by atoms with Crippen molar-refractivity contribution >= 4 is 0 Å². The summed E-state index contributed by atoms with van der Waals surface area (Å²) in [6, 6.07) is 15.8. The molecule has 0 spiro atoms. The molecule has 0 bridgehead atoms. The van der Waals surface area contributed by atoms with Crippen molar-refractivity contribution in [3.63, 3.8) is 0 Å². The molecule has 0 amide bonds. The lowest BCUT2D eigenvalue weighted by Gasteiger charge is -2.10. The zero-order valence-electron chi connectivity index (χ0n) is 9.31. The van der Waals surface area contributed by atoms with Crippen molar-refractivity contribution in [2.45, 2.75) is 13.5 Å². The summed E-state index contributed by atoms with van der Waals surface area (Å²) >= 11 is 0. The van der Waals surface area contributed by atoms with Crippen LogP contribution in [0.5, 0.6) is 11.5 Å². The predicted molar refractivity (Wildman–Crippen MR) is 65.6 cm³/mol. The molecule has 0 saturated carbocycles. The second kappa shape index (κ2) is 4.81. The van der Waals surface area contributed by atoms with Crippen molar-refractivity contribution in [2.75, 3.05) is 0 Å². The van der Waals surface area contributed by atoms with Gasteiger partial charge in [-0.1, -0.05) is 30.3 Å². The quantitative estimate of drug-likeness (QED) is 0.849. The highest BCUT2D eigenvalue weighted by Crippen LogP contribution is 2.25. The fourth-order valence-electron chi connectivity index (χ4n) is 1.54. The largest absolute Gasteiger partial charge is 0.457 e. The molecule has 0 aliphatic heterocycles. The highest BCUT2D eigenvalue weighted by Gasteiger charge is 2.03. The Hall–Kier alpha value is -1.80. The molecule has 2 aromatic rings. The van der Waals surface area contributed by atoms with Gasteiger partial charge < -0.3 is 10.5 Å². The van der Waals surface area contributed by atoms with E-state index in [-0.39, 0.29) is 0 Å². The van der Waals surface area contributed by atoms with Crippen LogP contribution >= 0.6 is 0 Å². The normalized spacial score (nSPS) is 10.1. The lowest BCUT2D eigenvalue weighted by atomic mass is 10.1. The standard InChI is InChI=1S/C14H15NO/c1-11-7-8-12(10-15)14(9-11)16-13-5-3-2-4-6-13/h2-9H,10,15H2,1H3. The van der Waals surface area contributed by atoms with Crippen LogP contribution in [-0.4, -0.2) is 0 Å². The Morgan fingerprint density at radius 2 is 1.81 bits per heavy atom. The van der Waals surface area contributed by atoms with E-state index in [1.165, 1.54) is 5.56 Å². The van der Waals surface area contributed by atoms with E-state index in [1.807, 2.05) is 55.5 Å². The van der Waals surface area contributed by atoms with Gasteiger partial charge in [0.15, 0.2) is 0 Å². The fraction of sp³-hybridized carbons (Fsp3) is 0.143. The number of rotatable bonds is 3. The summed E-state index contributed by atoms with van der Waals surface area (Å²) < 4.78 is 5.80. The van der Waals surface area contributed by atoms with Gasteiger partial charge >= 0.3 is 0 Å². The van der Waals surface area contributed by atoms with Crippen molar-refractivity contribution in [1.29, 1.82) is 0 Å². The lowest BCUT2D eigenvalue weighted by molar-refractivity contribution is 0.476. The van der Waals surface area contributed by atoms with E-state index in [0.717, 1.165) is 17.1 Å². The third-order valence-corrected chi connectivity index (χ3v) is 2.41. The Morgan fingerprint density at radius 3 is 2.50 bits per heavy atom. The molecule has 0 unspecified atom stereocenters. The highest BCUT2D eigenvalue weighted by atomic mass is 16.5. The zero-order valence-corrected chi connectivity index (χ0v) is 9.31. The van der Waals surface area contributed by atoms with E-state index < -0.39 is 0 Å². The van der Waals surface area contributed by atoms with Crippen molar-refractivity contribution < 1.29 is 4.74 Å². The molecular formula is C14H15NO. The van der Waals surface area contributed by atoms with Gasteiger partial charge in [0.05, 0.1) is 0 Å². The minimum atomic E-state index is 0.489. The van der Waals surface area contributed by atoms with E-state index in [4.69, 9.17) is 10.5 Å². The van der Waals surface area contributed by atoms with Crippen molar-refractivity contribution in [1.82, 2.24) is 0 Å². The molecule has 0 aromatic heterocycles. The van der Waals surface area contributed by atoms with Crippen LogP contribution in [0.25, 0.3) is 0 Å². The van der Waals surface area contributed by atoms with Crippen LogP contribution in [0.1, 0.15) is 11.1 Å². The fourth-order valence-corrected chi connectivity index (χ4v) is 1.54. The first-order chi connectivity index (χ1) is 7.79. The Labute approximate surface area is 95.7 Å². The number of hydrogen-bond acceptors (Lipinski definition) is 2. The maximum atomic E-state index is 5.80. The van der Waals surface area contributed by atoms with Gasteiger partial charge in [-0.2, -0.15) is 0 Å². The van der Waals surface area contributed by atoms with Gasteiger partial charge in [-0.3, -0.25) is 0 Å². The van der Waals surface area contributed by atoms with Gasteiger partial charge in [-0.05, 0) is 30.7 Å². The Bertz CT molecular complexity index is 465. The molecule has 2 aromatic carbocycles. The molecule has 2 nitrogen and oxygen atoms in total. The molecule has 0 atom stereocenters.